The van der Waals surface area contributed by atoms with Gasteiger partial charge in [-0.15, -0.1) is 24.0 Å². The number of aliphatic imine (C=N–C) groups is 1. The van der Waals surface area contributed by atoms with Crippen LogP contribution in [0, 0.1) is 23.0 Å². The van der Waals surface area contributed by atoms with Crippen molar-refractivity contribution in [1.29, 1.82) is 5.26 Å². The number of nitrogens with one attached hydrogen (secondary N) is 2. The van der Waals surface area contributed by atoms with Crippen LogP contribution in [0.1, 0.15) is 25.0 Å². The van der Waals surface area contributed by atoms with E-state index in [1.165, 1.54) is 24.3 Å². The molecule has 0 spiro atoms. The summed E-state index contributed by atoms with van der Waals surface area (Å²) in [5.74, 6) is -0.171. The lowest BCUT2D eigenvalue weighted by Crippen LogP contribution is -2.41. The third-order valence-corrected chi connectivity index (χ3v) is 3.65. The van der Waals surface area contributed by atoms with E-state index in [4.69, 9.17) is 10.00 Å². The molecule has 0 amide bonds. The molecule has 0 aliphatic carbocycles. The Balaban J connectivity index is 0.00000392. The molecule has 0 aliphatic rings. The van der Waals surface area contributed by atoms with Crippen molar-refractivity contribution in [2.75, 3.05) is 13.1 Å². The number of guanidine groups is 1. The molecule has 1 atom stereocenters. The first kappa shape index (κ1) is 23.6. The number of halogens is 3. The van der Waals surface area contributed by atoms with Crippen LogP contribution in [0.4, 0.5) is 8.78 Å². The summed E-state index contributed by atoms with van der Waals surface area (Å²) in [5, 5.41) is 15.1. The zero-order valence-electron chi connectivity index (χ0n) is 15.7. The topological polar surface area (TPSA) is 69.4 Å². The Kier molecular flexibility index (Phi) is 10.2. The highest BCUT2D eigenvalue weighted by Crippen LogP contribution is 2.16. The average Bonchev–Trinajstić information content (AvgIpc) is 2.67. The van der Waals surface area contributed by atoms with Crippen LogP contribution in [0.25, 0.3) is 0 Å². The summed E-state index contributed by atoms with van der Waals surface area (Å²) >= 11 is 0. The monoisotopic (exact) mass is 500 g/mol. The molecule has 0 saturated heterocycles. The van der Waals surface area contributed by atoms with Gasteiger partial charge in [-0.1, -0.05) is 12.1 Å². The quantitative estimate of drug-likeness (QED) is 0.343. The lowest BCUT2D eigenvalue weighted by molar-refractivity contribution is 0.214. The van der Waals surface area contributed by atoms with Gasteiger partial charge in [-0.25, -0.2) is 13.8 Å². The third kappa shape index (κ3) is 7.31. The Morgan fingerprint density at radius 1 is 1.18 bits per heavy atom. The fraction of sp³-hybridized carbons (Fsp3) is 0.300. The molecule has 2 N–H and O–H groups in total. The molecule has 8 heteroatoms. The van der Waals surface area contributed by atoms with Gasteiger partial charge in [0.15, 0.2) is 17.5 Å². The molecular formula is C20H23F2IN4O. The maximum Gasteiger partial charge on any atom is 0.191 e. The van der Waals surface area contributed by atoms with Crippen molar-refractivity contribution in [3.8, 4) is 11.8 Å². The summed E-state index contributed by atoms with van der Waals surface area (Å²) in [6, 6.07) is 12.3. The zero-order valence-corrected chi connectivity index (χ0v) is 18.0. The number of nitriles is 1. The smallest absolute Gasteiger partial charge is 0.191 e. The largest absolute Gasteiger partial charge is 0.486 e. The molecule has 2 rings (SSSR count). The fourth-order valence-corrected chi connectivity index (χ4v) is 2.31. The van der Waals surface area contributed by atoms with Gasteiger partial charge in [-0.3, -0.25) is 0 Å². The summed E-state index contributed by atoms with van der Waals surface area (Å²) in [7, 11) is 0. The molecule has 0 radical (unpaired) electrons. The van der Waals surface area contributed by atoms with Gasteiger partial charge < -0.3 is 15.4 Å². The normalized spacial score (nSPS) is 11.8. The van der Waals surface area contributed by atoms with E-state index in [-0.39, 0.29) is 42.4 Å². The lowest BCUT2D eigenvalue weighted by Gasteiger charge is -2.18. The van der Waals surface area contributed by atoms with E-state index in [2.05, 4.69) is 15.6 Å². The van der Waals surface area contributed by atoms with Crippen LogP contribution in [0.15, 0.2) is 47.5 Å². The number of rotatable bonds is 7. The molecule has 0 aromatic heterocycles. The summed E-state index contributed by atoms with van der Waals surface area (Å²) in [6.45, 7) is 4.79. The van der Waals surface area contributed by atoms with Crippen molar-refractivity contribution >= 4 is 29.9 Å². The molecule has 0 saturated carbocycles. The van der Waals surface area contributed by atoms with E-state index in [0.29, 0.717) is 30.2 Å². The maximum atomic E-state index is 13.9. The van der Waals surface area contributed by atoms with Gasteiger partial charge in [0.2, 0.25) is 0 Å². The van der Waals surface area contributed by atoms with E-state index >= 15 is 0 Å². The average molecular weight is 500 g/mol. The van der Waals surface area contributed by atoms with Gasteiger partial charge in [0.1, 0.15) is 11.9 Å². The van der Waals surface area contributed by atoms with Crippen molar-refractivity contribution in [2.45, 2.75) is 26.5 Å². The third-order valence-electron chi connectivity index (χ3n) is 3.65. The van der Waals surface area contributed by atoms with Crippen LogP contribution in [0.5, 0.6) is 5.75 Å². The summed E-state index contributed by atoms with van der Waals surface area (Å²) in [6.07, 6.45) is -0.315. The minimum atomic E-state index is -0.419. The number of nitrogens with zero attached hydrogens (tertiary/aromatic N) is 2. The van der Waals surface area contributed by atoms with Gasteiger partial charge >= 0.3 is 0 Å². The number of hydrogen-bond acceptors (Lipinski definition) is 3. The minimum absolute atomic E-state index is 0. The highest BCUT2D eigenvalue weighted by atomic mass is 127. The van der Waals surface area contributed by atoms with Crippen LogP contribution >= 0.6 is 24.0 Å². The predicted octanol–water partition coefficient (Wildman–Crippen LogP) is 3.98. The van der Waals surface area contributed by atoms with E-state index in [0.717, 1.165) is 0 Å². The Morgan fingerprint density at radius 3 is 2.61 bits per heavy atom. The van der Waals surface area contributed by atoms with E-state index in [1.54, 1.807) is 25.1 Å². The molecule has 0 aliphatic heterocycles. The number of para-hydroxylation sites is 1. The van der Waals surface area contributed by atoms with Crippen LogP contribution in [-0.4, -0.2) is 25.2 Å². The van der Waals surface area contributed by atoms with Gasteiger partial charge in [-0.05, 0) is 44.2 Å². The fourth-order valence-electron chi connectivity index (χ4n) is 2.31. The zero-order chi connectivity index (χ0) is 19.6. The SMILES string of the molecule is CCNC(=NCc1cc(C#N)ccc1F)NCC(C)Oc1ccccc1F.I. The van der Waals surface area contributed by atoms with Crippen LogP contribution in [-0.2, 0) is 6.54 Å². The van der Waals surface area contributed by atoms with Crippen molar-refractivity contribution in [1.82, 2.24) is 10.6 Å². The molecule has 0 bridgehead atoms. The summed E-state index contributed by atoms with van der Waals surface area (Å²) < 4.78 is 33.1. The summed E-state index contributed by atoms with van der Waals surface area (Å²) in [5.41, 5.74) is 0.716. The first-order valence-electron chi connectivity index (χ1n) is 8.65. The van der Waals surface area contributed by atoms with E-state index in [1.807, 2.05) is 13.0 Å². The molecule has 1 unspecified atom stereocenters. The van der Waals surface area contributed by atoms with Crippen molar-refractivity contribution in [3.63, 3.8) is 0 Å². The lowest BCUT2D eigenvalue weighted by atomic mass is 10.1. The second kappa shape index (κ2) is 12.1. The highest BCUT2D eigenvalue weighted by molar-refractivity contribution is 14.0. The second-order valence-electron chi connectivity index (χ2n) is 5.85. The standard InChI is InChI=1S/C20H22F2N4O.HI/c1-3-24-20(26-13-16-10-15(11-23)8-9-17(16)21)25-12-14(2)27-19-7-5-4-6-18(19)22;/h4-10,14H,3,12-13H2,1-2H3,(H2,24,25,26);1H. The molecule has 28 heavy (non-hydrogen) atoms. The first-order chi connectivity index (χ1) is 13.0. The number of benzene rings is 2. The number of hydrogen-bond donors (Lipinski definition) is 2. The molecule has 0 fully saturated rings. The van der Waals surface area contributed by atoms with Crippen LogP contribution < -0.4 is 15.4 Å². The first-order valence-corrected chi connectivity index (χ1v) is 8.65. The minimum Gasteiger partial charge on any atom is -0.486 e. The Hall–Kier alpha value is -2.41. The summed E-state index contributed by atoms with van der Waals surface area (Å²) in [4.78, 5) is 4.33. The molecule has 2 aromatic rings. The van der Waals surface area contributed by atoms with Crippen molar-refractivity contribution in [3.05, 3.63) is 65.2 Å². The van der Waals surface area contributed by atoms with E-state index in [9.17, 15) is 8.78 Å². The molecule has 2 aromatic carbocycles. The number of ether oxygens (including phenoxy) is 1. The Bertz CT molecular complexity index is 839. The van der Waals surface area contributed by atoms with Crippen molar-refractivity contribution < 1.29 is 13.5 Å². The molecule has 150 valence electrons. The molecular weight excluding hydrogens is 477 g/mol. The Morgan fingerprint density at radius 2 is 1.93 bits per heavy atom. The molecule has 0 heterocycles. The van der Waals surface area contributed by atoms with Gasteiger partial charge in [0, 0.05) is 12.1 Å². The van der Waals surface area contributed by atoms with Crippen LogP contribution in [0.2, 0.25) is 0 Å². The predicted molar refractivity (Wildman–Crippen MR) is 116 cm³/mol. The highest BCUT2D eigenvalue weighted by Gasteiger charge is 2.09. The van der Waals surface area contributed by atoms with Gasteiger partial charge in [-0.2, -0.15) is 5.26 Å². The Labute approximate surface area is 180 Å². The van der Waals surface area contributed by atoms with E-state index < -0.39 is 11.6 Å². The second-order valence-corrected chi connectivity index (χ2v) is 5.85. The molecule has 5 nitrogen and oxygen atoms in total. The van der Waals surface area contributed by atoms with Crippen LogP contribution in [0.3, 0.4) is 0 Å². The maximum absolute atomic E-state index is 13.9. The van der Waals surface area contributed by atoms with Gasteiger partial charge in [0.05, 0.1) is 24.7 Å². The van der Waals surface area contributed by atoms with Gasteiger partial charge in [0.25, 0.3) is 0 Å². The van der Waals surface area contributed by atoms with Crippen molar-refractivity contribution in [2.24, 2.45) is 4.99 Å².